The average molecular weight is 467 g/mol. The van der Waals surface area contributed by atoms with Crippen LogP contribution in [0.1, 0.15) is 64.3 Å². The summed E-state index contributed by atoms with van der Waals surface area (Å²) >= 11 is 0. The van der Waals surface area contributed by atoms with Gasteiger partial charge in [0.25, 0.3) is 0 Å². The van der Waals surface area contributed by atoms with Crippen molar-refractivity contribution in [3.05, 3.63) is 155 Å². The molecule has 0 heterocycles. The molecular weight excluding hydrogens is 432 g/mol. The molecule has 0 saturated heterocycles. The van der Waals surface area contributed by atoms with Crippen LogP contribution in [0.4, 0.5) is 0 Å². The van der Waals surface area contributed by atoms with E-state index in [1.807, 2.05) is 25.2 Å². The van der Waals surface area contributed by atoms with Gasteiger partial charge in [0.1, 0.15) is 0 Å². The van der Waals surface area contributed by atoms with E-state index in [1.165, 1.54) is 27.8 Å². The molecule has 178 valence electrons. The van der Waals surface area contributed by atoms with Gasteiger partial charge in [-0.2, -0.15) is 0 Å². The van der Waals surface area contributed by atoms with Crippen molar-refractivity contribution in [2.24, 2.45) is 0 Å². The Morgan fingerprint density at radius 2 is 1.47 bits per heavy atom. The first-order chi connectivity index (χ1) is 17.7. The zero-order chi connectivity index (χ0) is 25.3. The van der Waals surface area contributed by atoms with Crippen molar-refractivity contribution in [1.29, 1.82) is 0 Å². The Hall–Kier alpha value is -4.16. The number of rotatable bonds is 9. The van der Waals surface area contributed by atoms with Gasteiger partial charge < -0.3 is 0 Å². The van der Waals surface area contributed by atoms with Gasteiger partial charge in [0.05, 0.1) is 0 Å². The summed E-state index contributed by atoms with van der Waals surface area (Å²) < 4.78 is 0. The molecule has 0 aromatic heterocycles. The van der Waals surface area contributed by atoms with Gasteiger partial charge in [0.15, 0.2) is 0 Å². The quantitative estimate of drug-likeness (QED) is 0.275. The fourth-order valence-electron chi connectivity index (χ4n) is 4.87. The van der Waals surface area contributed by atoms with Crippen LogP contribution in [-0.4, -0.2) is 0 Å². The van der Waals surface area contributed by atoms with Gasteiger partial charge >= 0.3 is 0 Å². The molecule has 0 nitrogen and oxygen atoms in total. The Kier molecular flexibility index (Phi) is 8.32. The third-order valence-corrected chi connectivity index (χ3v) is 6.65. The van der Waals surface area contributed by atoms with Gasteiger partial charge in [-0.1, -0.05) is 123 Å². The molecule has 0 atom stereocenters. The van der Waals surface area contributed by atoms with Crippen molar-refractivity contribution in [3.63, 3.8) is 0 Å². The Morgan fingerprint density at radius 1 is 0.806 bits per heavy atom. The molecule has 1 aliphatic rings. The number of allylic oxidation sites excluding steroid dienone is 6. The summed E-state index contributed by atoms with van der Waals surface area (Å²) in [5.41, 5.74) is 12.0. The fourth-order valence-corrected chi connectivity index (χ4v) is 4.87. The molecular formula is C36H34. The van der Waals surface area contributed by atoms with E-state index in [0.29, 0.717) is 0 Å². The summed E-state index contributed by atoms with van der Waals surface area (Å²) in [6.07, 6.45) is 22.0. The van der Waals surface area contributed by atoms with Crippen LogP contribution in [0.25, 0.3) is 36.0 Å². The van der Waals surface area contributed by atoms with Crippen LogP contribution in [0.15, 0.2) is 110 Å². The van der Waals surface area contributed by atoms with Crippen LogP contribution >= 0.6 is 0 Å². The van der Waals surface area contributed by atoms with Gasteiger partial charge in [-0.3, -0.25) is 0 Å². The Morgan fingerprint density at radius 3 is 2.08 bits per heavy atom. The van der Waals surface area contributed by atoms with Gasteiger partial charge in [-0.15, -0.1) is 0 Å². The van der Waals surface area contributed by atoms with E-state index in [-0.39, 0.29) is 0 Å². The maximum absolute atomic E-state index is 4.14. The first kappa shape index (κ1) is 24.9. The molecule has 0 radical (unpaired) electrons. The van der Waals surface area contributed by atoms with Crippen molar-refractivity contribution in [2.75, 3.05) is 0 Å². The van der Waals surface area contributed by atoms with Crippen LogP contribution in [0.3, 0.4) is 0 Å². The highest BCUT2D eigenvalue weighted by Gasteiger charge is 2.14. The van der Waals surface area contributed by atoms with E-state index < -0.39 is 0 Å². The zero-order valence-corrected chi connectivity index (χ0v) is 21.2. The highest BCUT2D eigenvalue weighted by atomic mass is 14.2. The summed E-state index contributed by atoms with van der Waals surface area (Å²) in [5, 5.41) is 0. The minimum absolute atomic E-state index is 0.935. The van der Waals surface area contributed by atoms with E-state index in [2.05, 4.69) is 117 Å². The SMILES string of the molecule is C=Cc1c(/C=C\C)cc(/C=C(\C2=CC=CCC2)c2ccc(Cc3ccccc3)cc2)c(C=C)c1C=C. The van der Waals surface area contributed by atoms with E-state index >= 15 is 0 Å². The molecule has 0 unspecified atom stereocenters. The van der Waals surface area contributed by atoms with Crippen LogP contribution in [-0.2, 0) is 6.42 Å². The summed E-state index contributed by atoms with van der Waals surface area (Å²) in [4.78, 5) is 0. The molecule has 0 fully saturated rings. The van der Waals surface area contributed by atoms with Crippen molar-refractivity contribution in [2.45, 2.75) is 26.2 Å². The minimum atomic E-state index is 0.935. The van der Waals surface area contributed by atoms with Crippen LogP contribution in [0.5, 0.6) is 0 Å². The predicted molar refractivity (Wildman–Crippen MR) is 161 cm³/mol. The maximum Gasteiger partial charge on any atom is -0.00258 e. The molecule has 3 aromatic rings. The summed E-state index contributed by atoms with van der Waals surface area (Å²) in [6.45, 7) is 14.3. The highest BCUT2D eigenvalue weighted by Crippen LogP contribution is 2.35. The molecule has 3 aromatic carbocycles. The Bertz CT molecular complexity index is 1370. The van der Waals surface area contributed by atoms with E-state index in [4.69, 9.17) is 0 Å². The van der Waals surface area contributed by atoms with Crippen LogP contribution < -0.4 is 0 Å². The van der Waals surface area contributed by atoms with Crippen molar-refractivity contribution >= 4 is 36.0 Å². The molecule has 1 aliphatic carbocycles. The Balaban J connectivity index is 1.85. The molecule has 4 rings (SSSR count). The third-order valence-electron chi connectivity index (χ3n) is 6.65. The number of benzene rings is 3. The monoisotopic (exact) mass is 466 g/mol. The standard InChI is InChI=1S/C36H34/c1-5-15-31-25-32(34(7-3)35(8-4)33(31)6-2)26-36(29-18-13-10-14-19-29)30-22-20-28(21-23-30)24-27-16-11-9-12-17-27/h5-13,15-18,20-23,25-26H,2-4,14,19,24H2,1H3/b15-5-,36-26+. The van der Waals surface area contributed by atoms with Crippen LogP contribution in [0, 0.1) is 0 Å². The lowest BCUT2D eigenvalue weighted by Gasteiger charge is -2.18. The topological polar surface area (TPSA) is 0 Å². The molecule has 0 heteroatoms. The van der Waals surface area contributed by atoms with Gasteiger partial charge in [-0.25, -0.2) is 0 Å². The van der Waals surface area contributed by atoms with Crippen LogP contribution in [0.2, 0.25) is 0 Å². The molecule has 0 bridgehead atoms. The van der Waals surface area contributed by atoms with E-state index in [1.54, 1.807) is 0 Å². The smallest absolute Gasteiger partial charge is 0.00258 e. The lowest BCUT2D eigenvalue weighted by Crippen LogP contribution is -1.98. The lowest BCUT2D eigenvalue weighted by molar-refractivity contribution is 0.997. The molecule has 0 amide bonds. The van der Waals surface area contributed by atoms with Gasteiger partial charge in [0.2, 0.25) is 0 Å². The van der Waals surface area contributed by atoms with Crippen molar-refractivity contribution in [3.8, 4) is 0 Å². The molecule has 0 saturated carbocycles. The highest BCUT2D eigenvalue weighted by molar-refractivity contribution is 5.95. The first-order valence-electron chi connectivity index (χ1n) is 12.6. The molecule has 0 aliphatic heterocycles. The number of hydrogen-bond donors (Lipinski definition) is 0. The van der Waals surface area contributed by atoms with Gasteiger partial charge in [-0.05, 0) is 94.0 Å². The van der Waals surface area contributed by atoms with Crippen molar-refractivity contribution in [1.82, 2.24) is 0 Å². The van der Waals surface area contributed by atoms with Crippen molar-refractivity contribution < 1.29 is 0 Å². The molecule has 36 heavy (non-hydrogen) atoms. The summed E-state index contributed by atoms with van der Waals surface area (Å²) in [6, 6.07) is 21.9. The minimum Gasteiger partial charge on any atom is -0.0984 e. The van der Waals surface area contributed by atoms with Gasteiger partial charge in [0, 0.05) is 0 Å². The predicted octanol–water partition coefficient (Wildman–Crippen LogP) is 10.1. The largest absolute Gasteiger partial charge is 0.0984 e. The lowest BCUT2D eigenvalue weighted by atomic mass is 9.86. The first-order valence-corrected chi connectivity index (χ1v) is 12.6. The maximum atomic E-state index is 4.14. The number of hydrogen-bond acceptors (Lipinski definition) is 0. The fraction of sp³-hybridized carbons (Fsp3) is 0.111. The van der Waals surface area contributed by atoms with E-state index in [0.717, 1.165) is 47.1 Å². The summed E-state index contributed by atoms with van der Waals surface area (Å²) in [5.74, 6) is 0. The normalized spacial score (nSPS) is 13.5. The molecule has 0 N–H and O–H groups in total. The second-order valence-corrected chi connectivity index (χ2v) is 8.98. The zero-order valence-electron chi connectivity index (χ0n) is 21.2. The van der Waals surface area contributed by atoms with E-state index in [9.17, 15) is 0 Å². The summed E-state index contributed by atoms with van der Waals surface area (Å²) in [7, 11) is 0. The second-order valence-electron chi connectivity index (χ2n) is 8.98. The molecule has 0 spiro atoms. The Labute approximate surface area is 216 Å². The average Bonchev–Trinajstić information content (AvgIpc) is 2.93. The second kappa shape index (κ2) is 12.0. The third kappa shape index (κ3) is 5.56.